The third kappa shape index (κ3) is 4.25. The number of carbonyl (C=O) groups is 1. The maximum atomic E-state index is 14.1. The quantitative estimate of drug-likeness (QED) is 0.506. The van der Waals surface area contributed by atoms with Crippen LogP contribution >= 0.6 is 11.6 Å². The van der Waals surface area contributed by atoms with Crippen molar-refractivity contribution in [3.63, 3.8) is 0 Å². The van der Waals surface area contributed by atoms with Gasteiger partial charge in [0.1, 0.15) is 24.0 Å². The molecule has 4 aliphatic rings. The number of carbonyl (C=O) groups excluding carboxylic acids is 1. The Morgan fingerprint density at radius 1 is 1.08 bits per heavy atom. The fourth-order valence-electron chi connectivity index (χ4n) is 5.88. The number of likely N-dealkylation sites (N-methyl/N-ethyl adjacent to an activating group) is 1. The zero-order valence-electron chi connectivity index (χ0n) is 21.8. The Morgan fingerprint density at radius 2 is 1.95 bits per heavy atom. The van der Waals surface area contributed by atoms with Crippen LogP contribution < -0.4 is 19.9 Å². The summed E-state index contributed by atoms with van der Waals surface area (Å²) in [6.07, 6.45) is 6.19. The number of piperidine rings is 1. The minimum absolute atomic E-state index is 0.0548. The molecule has 2 saturated heterocycles. The Hall–Kier alpha value is -3.04. The van der Waals surface area contributed by atoms with Crippen molar-refractivity contribution in [3.8, 4) is 5.75 Å². The molecule has 38 heavy (non-hydrogen) atoms. The third-order valence-electron chi connectivity index (χ3n) is 8.57. The van der Waals surface area contributed by atoms with Gasteiger partial charge >= 0.3 is 0 Å². The van der Waals surface area contributed by atoms with E-state index in [0.29, 0.717) is 29.5 Å². The van der Waals surface area contributed by atoms with E-state index in [1.54, 1.807) is 12.1 Å². The highest BCUT2D eigenvalue weighted by Crippen LogP contribution is 2.38. The molecular weight excluding hydrogens is 502 g/mol. The Labute approximate surface area is 227 Å². The van der Waals surface area contributed by atoms with Gasteiger partial charge in [-0.15, -0.1) is 0 Å². The van der Waals surface area contributed by atoms with Crippen LogP contribution in [0.4, 0.5) is 11.6 Å². The van der Waals surface area contributed by atoms with Gasteiger partial charge in [-0.3, -0.25) is 4.79 Å². The molecular formula is C28H34ClN7O2. The smallest absolute Gasteiger partial charge is 0.258 e. The molecule has 3 fully saturated rings. The minimum Gasteiger partial charge on any atom is -0.491 e. The van der Waals surface area contributed by atoms with Gasteiger partial charge in [0.25, 0.3) is 5.91 Å². The lowest BCUT2D eigenvalue weighted by atomic mass is 9.98. The Balaban J connectivity index is 1.34. The van der Waals surface area contributed by atoms with Crippen LogP contribution in [0.15, 0.2) is 30.3 Å². The van der Waals surface area contributed by atoms with Crippen LogP contribution in [0, 0.1) is 0 Å². The summed E-state index contributed by atoms with van der Waals surface area (Å²) in [5.74, 6) is 2.55. The summed E-state index contributed by atoms with van der Waals surface area (Å²) in [7, 11) is 2.12. The van der Waals surface area contributed by atoms with Gasteiger partial charge in [-0.05, 0) is 56.7 Å². The second kappa shape index (κ2) is 9.31. The third-order valence-corrected chi connectivity index (χ3v) is 8.80. The molecule has 1 amide bonds. The average molecular weight is 536 g/mol. The maximum absolute atomic E-state index is 14.1. The standard InChI is InChI=1S/C28H34ClN7O2/c1-33-14-10-30-28(8-9-28)18-38-23-7-6-19(29)15-20(23)27(37)35-13-3-2-5-22(35)21-16-25-31-24(34-11-4-12-34)17-26(33)36(25)32-21/h6-7,15-17,22,30H,2-5,8-14,18H2,1H3/t22-/m0/s1. The molecule has 10 heteroatoms. The molecule has 0 unspecified atom stereocenters. The van der Waals surface area contributed by atoms with E-state index in [1.165, 1.54) is 6.42 Å². The van der Waals surface area contributed by atoms with Crippen LogP contribution in [0.5, 0.6) is 5.75 Å². The fourth-order valence-corrected chi connectivity index (χ4v) is 6.05. The summed E-state index contributed by atoms with van der Waals surface area (Å²) in [4.78, 5) is 25.6. The molecule has 7 rings (SSSR count). The molecule has 9 nitrogen and oxygen atoms in total. The molecule has 1 aliphatic carbocycles. The van der Waals surface area contributed by atoms with Crippen molar-refractivity contribution in [2.24, 2.45) is 0 Å². The summed E-state index contributed by atoms with van der Waals surface area (Å²) >= 11 is 6.38. The predicted octanol–water partition coefficient (Wildman–Crippen LogP) is 3.91. The van der Waals surface area contributed by atoms with E-state index in [1.807, 2.05) is 15.5 Å². The first-order valence-electron chi connectivity index (χ1n) is 13.8. The number of benzene rings is 1. The summed E-state index contributed by atoms with van der Waals surface area (Å²) in [5, 5.41) is 9.34. The topological polar surface area (TPSA) is 78.2 Å². The van der Waals surface area contributed by atoms with Crippen molar-refractivity contribution in [2.75, 3.05) is 56.2 Å². The van der Waals surface area contributed by atoms with Gasteiger partial charge in [0.05, 0.1) is 22.8 Å². The normalized spacial score (nSPS) is 23.3. The average Bonchev–Trinajstić information content (AvgIpc) is 3.53. The summed E-state index contributed by atoms with van der Waals surface area (Å²) in [6.45, 7) is 4.92. The van der Waals surface area contributed by atoms with Gasteiger partial charge in [-0.25, -0.2) is 4.98 Å². The summed E-state index contributed by atoms with van der Waals surface area (Å²) in [6, 6.07) is 9.48. The Morgan fingerprint density at radius 3 is 2.74 bits per heavy atom. The number of aromatic nitrogens is 3. The van der Waals surface area contributed by atoms with E-state index in [4.69, 9.17) is 26.4 Å². The van der Waals surface area contributed by atoms with E-state index in [9.17, 15) is 4.79 Å². The van der Waals surface area contributed by atoms with Crippen molar-refractivity contribution >= 4 is 34.8 Å². The number of fused-ring (bicyclic) bond motifs is 4. The highest BCUT2D eigenvalue weighted by Gasteiger charge is 2.43. The van der Waals surface area contributed by atoms with E-state index in [2.05, 4.69) is 34.3 Å². The number of halogens is 1. The lowest BCUT2D eigenvalue weighted by Crippen LogP contribution is -2.42. The molecule has 1 atom stereocenters. The molecule has 2 bridgehead atoms. The number of rotatable bonds is 1. The van der Waals surface area contributed by atoms with Crippen LogP contribution in [0.2, 0.25) is 5.02 Å². The van der Waals surface area contributed by atoms with Gasteiger partial charge in [0, 0.05) is 56.9 Å². The van der Waals surface area contributed by atoms with Crippen LogP contribution in [0.3, 0.4) is 0 Å². The number of anilines is 2. The number of hydrogen-bond donors (Lipinski definition) is 1. The Kier molecular flexibility index (Phi) is 5.89. The molecule has 5 heterocycles. The lowest BCUT2D eigenvalue weighted by molar-refractivity contribution is 0.0600. The SMILES string of the molecule is CN1CCNC2(CC2)COc2ccc(Cl)cc2C(=O)N2CCCC[C@H]2c2cc3nc(N4CCC4)cc1n3n2. The number of nitrogens with one attached hydrogen (secondary N) is 1. The lowest BCUT2D eigenvalue weighted by Gasteiger charge is -2.35. The number of nitrogens with zero attached hydrogens (tertiary/aromatic N) is 6. The van der Waals surface area contributed by atoms with E-state index >= 15 is 0 Å². The van der Waals surface area contributed by atoms with Gasteiger partial charge in [-0.2, -0.15) is 9.61 Å². The summed E-state index contributed by atoms with van der Waals surface area (Å²) < 4.78 is 8.28. The molecule has 200 valence electrons. The van der Waals surface area contributed by atoms with Crippen molar-refractivity contribution in [1.29, 1.82) is 0 Å². The molecule has 1 saturated carbocycles. The molecule has 1 spiro atoms. The fraction of sp³-hybridized carbons (Fsp3) is 0.536. The molecule has 3 aliphatic heterocycles. The largest absolute Gasteiger partial charge is 0.491 e. The number of hydrogen-bond acceptors (Lipinski definition) is 7. The summed E-state index contributed by atoms with van der Waals surface area (Å²) in [5.41, 5.74) is 2.18. The first kappa shape index (κ1) is 24.0. The van der Waals surface area contributed by atoms with Crippen molar-refractivity contribution in [1.82, 2.24) is 24.8 Å². The van der Waals surface area contributed by atoms with Crippen molar-refractivity contribution in [2.45, 2.75) is 50.1 Å². The second-order valence-corrected chi connectivity index (χ2v) is 11.7. The Bertz CT molecular complexity index is 1380. The van der Waals surface area contributed by atoms with Crippen LogP contribution in [0.1, 0.15) is 60.6 Å². The number of amides is 1. The first-order valence-corrected chi connectivity index (χ1v) is 14.2. The van der Waals surface area contributed by atoms with Gasteiger partial charge < -0.3 is 24.8 Å². The first-order chi connectivity index (χ1) is 18.5. The monoisotopic (exact) mass is 535 g/mol. The maximum Gasteiger partial charge on any atom is 0.258 e. The zero-order chi connectivity index (χ0) is 25.9. The van der Waals surface area contributed by atoms with E-state index in [0.717, 1.165) is 81.3 Å². The van der Waals surface area contributed by atoms with Crippen LogP contribution in [0.25, 0.3) is 5.65 Å². The number of ether oxygens (including phenoxy) is 1. The van der Waals surface area contributed by atoms with Gasteiger partial charge in [0.15, 0.2) is 5.65 Å². The van der Waals surface area contributed by atoms with Crippen LogP contribution in [-0.4, -0.2) is 77.3 Å². The van der Waals surface area contributed by atoms with Gasteiger partial charge in [-0.1, -0.05) is 11.6 Å². The molecule has 1 aromatic carbocycles. The second-order valence-electron chi connectivity index (χ2n) is 11.2. The molecule has 2 aromatic heterocycles. The molecule has 0 radical (unpaired) electrons. The zero-order valence-corrected chi connectivity index (χ0v) is 22.6. The van der Waals surface area contributed by atoms with Crippen LogP contribution in [-0.2, 0) is 0 Å². The molecule has 3 aromatic rings. The predicted molar refractivity (Wildman–Crippen MR) is 148 cm³/mol. The van der Waals surface area contributed by atoms with E-state index in [-0.39, 0.29) is 17.5 Å². The highest BCUT2D eigenvalue weighted by molar-refractivity contribution is 6.31. The van der Waals surface area contributed by atoms with E-state index < -0.39 is 0 Å². The van der Waals surface area contributed by atoms with Crippen molar-refractivity contribution < 1.29 is 9.53 Å². The minimum atomic E-state index is -0.125. The van der Waals surface area contributed by atoms with Crippen molar-refractivity contribution in [3.05, 3.63) is 46.6 Å². The molecule has 1 N–H and O–H groups in total. The van der Waals surface area contributed by atoms with Gasteiger partial charge in [0.2, 0.25) is 0 Å². The highest BCUT2D eigenvalue weighted by atomic mass is 35.5.